The van der Waals surface area contributed by atoms with Crippen LogP contribution in [-0.2, 0) is 23.8 Å². The molecule has 1 aliphatic rings. The molecular weight excluding hydrogens is 1090 g/mol. The largest absolute Gasteiger partial charge is 0.466 e. The summed E-state index contributed by atoms with van der Waals surface area (Å²) in [7, 11) is 0. The number of carbonyl (C=O) groups excluding carboxylic acids is 2. The lowest BCUT2D eigenvalue weighted by atomic mass is 9.99. The predicted molar refractivity (Wildman–Crippen MR) is 366 cm³/mol. The zero-order chi connectivity index (χ0) is 63.0. The van der Waals surface area contributed by atoms with Crippen LogP contribution in [0.5, 0.6) is 0 Å². The number of nitrogens with one attached hydrogen (secondary N) is 1. The molecule has 0 bridgehead atoms. The molecule has 0 aromatic rings. The minimum atomic E-state index is -1.57. The summed E-state index contributed by atoms with van der Waals surface area (Å²) in [4.78, 5) is 25.1. The van der Waals surface area contributed by atoms with Gasteiger partial charge in [-0.3, -0.25) is 9.59 Å². The molecule has 1 amide bonds. The molecule has 1 rings (SSSR count). The molecule has 7 unspecified atom stereocenters. The summed E-state index contributed by atoms with van der Waals surface area (Å²) in [6, 6.07) is -0.807. The number of esters is 1. The number of hydrogen-bond acceptors (Lipinski definition) is 10. The van der Waals surface area contributed by atoms with Crippen molar-refractivity contribution < 1.29 is 49.3 Å². The molecule has 11 nitrogen and oxygen atoms in total. The van der Waals surface area contributed by atoms with E-state index in [0.29, 0.717) is 19.4 Å². The number of allylic oxidation sites excluding steroid dienone is 5. The highest BCUT2D eigenvalue weighted by atomic mass is 16.7. The van der Waals surface area contributed by atoms with Gasteiger partial charge < -0.3 is 45.1 Å². The number of carbonyl (C=O) groups is 2. The van der Waals surface area contributed by atoms with Crippen molar-refractivity contribution in [1.29, 1.82) is 0 Å². The number of unbranched alkanes of at least 4 members (excludes halogenated alkanes) is 49. The molecular formula is C76H143NO10. The summed E-state index contributed by atoms with van der Waals surface area (Å²) >= 11 is 0. The standard InChI is InChI=1S/C76H143NO10/c1-3-5-7-9-11-13-15-16-17-38-41-44-48-52-56-60-64-72(81)85-65-61-57-53-49-45-42-39-36-34-32-30-28-26-24-22-20-18-19-21-23-25-27-29-31-33-35-37-40-43-47-51-55-59-63-71(80)77-68(67-86-76-75(84)74(83)73(82)70(66-78)87-76)69(79)62-58-54-50-46-14-12-10-8-6-4-2/h17,22,24,38,58,62,68-70,73-76,78-79,82-84H,3-16,18-21,23,25-37,39-57,59-61,63-67H2,1-2H3,(H,77,80)/b24-22-,38-17-,62-58+. The SMILES string of the molecule is CCCCCCCCC/C=C\CCCCCCCC(=O)OCCCCCCCCCCCCCC/C=C\CCCCCCCCCCCCCCCCCCCC(=O)NC(COC1OC(CO)C(O)C(O)C1O)C(O)/C=C/CCCCCCCCCC. The minimum Gasteiger partial charge on any atom is -0.466 e. The van der Waals surface area contributed by atoms with Crippen LogP contribution in [0.2, 0.25) is 0 Å². The number of aliphatic hydroxyl groups excluding tert-OH is 5. The van der Waals surface area contributed by atoms with Crippen molar-refractivity contribution in [3.63, 3.8) is 0 Å². The maximum absolute atomic E-state index is 13.0. The van der Waals surface area contributed by atoms with Crippen LogP contribution in [-0.4, -0.2) is 100 Å². The molecule has 87 heavy (non-hydrogen) atoms. The fourth-order valence-electron chi connectivity index (χ4n) is 12.0. The maximum atomic E-state index is 13.0. The Labute approximate surface area is 536 Å². The van der Waals surface area contributed by atoms with E-state index in [9.17, 15) is 35.1 Å². The number of amides is 1. The van der Waals surface area contributed by atoms with Gasteiger partial charge in [0.1, 0.15) is 24.4 Å². The number of ether oxygens (including phenoxy) is 3. The lowest BCUT2D eigenvalue weighted by molar-refractivity contribution is -0.302. The molecule has 11 heteroatoms. The maximum Gasteiger partial charge on any atom is 0.305 e. The van der Waals surface area contributed by atoms with Crippen LogP contribution >= 0.6 is 0 Å². The Kier molecular flexibility index (Phi) is 62.3. The molecule has 6 N–H and O–H groups in total. The van der Waals surface area contributed by atoms with Crippen LogP contribution in [0.25, 0.3) is 0 Å². The second-order valence-electron chi connectivity index (χ2n) is 26.3. The van der Waals surface area contributed by atoms with Crippen molar-refractivity contribution in [3.05, 3.63) is 36.5 Å². The fraction of sp³-hybridized carbons (Fsp3) is 0.895. The molecule has 0 spiro atoms. The van der Waals surface area contributed by atoms with Crippen LogP contribution in [0.4, 0.5) is 0 Å². The van der Waals surface area contributed by atoms with Gasteiger partial charge in [-0.1, -0.05) is 314 Å². The van der Waals surface area contributed by atoms with E-state index in [4.69, 9.17) is 14.2 Å². The van der Waals surface area contributed by atoms with Crippen LogP contribution in [0, 0.1) is 0 Å². The lowest BCUT2D eigenvalue weighted by Gasteiger charge is -2.40. The highest BCUT2D eigenvalue weighted by molar-refractivity contribution is 5.76. The van der Waals surface area contributed by atoms with Crippen LogP contribution < -0.4 is 5.32 Å². The quantitative estimate of drug-likeness (QED) is 0.0195. The van der Waals surface area contributed by atoms with E-state index in [1.54, 1.807) is 6.08 Å². The number of aliphatic hydroxyl groups is 5. The highest BCUT2D eigenvalue weighted by Crippen LogP contribution is 2.23. The van der Waals surface area contributed by atoms with E-state index in [1.807, 2.05) is 6.08 Å². The van der Waals surface area contributed by atoms with E-state index >= 15 is 0 Å². The monoisotopic (exact) mass is 1230 g/mol. The predicted octanol–water partition coefficient (Wildman–Crippen LogP) is 19.7. The third-order valence-electron chi connectivity index (χ3n) is 18.0. The van der Waals surface area contributed by atoms with Gasteiger partial charge in [0.2, 0.25) is 5.91 Å². The van der Waals surface area contributed by atoms with Gasteiger partial charge in [-0.25, -0.2) is 0 Å². The summed E-state index contributed by atoms with van der Waals surface area (Å²) < 4.78 is 16.7. The zero-order valence-corrected chi connectivity index (χ0v) is 57.0. The van der Waals surface area contributed by atoms with Gasteiger partial charge in [-0.05, 0) is 83.5 Å². The first kappa shape index (κ1) is 82.9. The molecule has 0 radical (unpaired) electrons. The molecule has 1 saturated heterocycles. The Bertz CT molecular complexity index is 1540. The molecule has 0 aromatic heterocycles. The van der Waals surface area contributed by atoms with Crippen molar-refractivity contribution in [1.82, 2.24) is 5.32 Å². The Hall–Kier alpha value is -2.12. The zero-order valence-electron chi connectivity index (χ0n) is 57.0. The minimum absolute atomic E-state index is 0.00448. The van der Waals surface area contributed by atoms with Crippen molar-refractivity contribution in [3.8, 4) is 0 Å². The van der Waals surface area contributed by atoms with Crippen LogP contribution in [0.15, 0.2) is 36.5 Å². The summed E-state index contributed by atoms with van der Waals surface area (Å²) in [6.07, 6.45) is 74.5. The highest BCUT2D eigenvalue weighted by Gasteiger charge is 2.44. The summed E-state index contributed by atoms with van der Waals surface area (Å²) in [6.45, 7) is 4.36. The van der Waals surface area contributed by atoms with Crippen molar-refractivity contribution in [2.75, 3.05) is 19.8 Å². The summed E-state index contributed by atoms with van der Waals surface area (Å²) in [5.41, 5.74) is 0. The van der Waals surface area contributed by atoms with Crippen LogP contribution in [0.1, 0.15) is 373 Å². The first-order valence-electron chi connectivity index (χ1n) is 37.8. The molecule has 0 saturated carbocycles. The van der Waals surface area contributed by atoms with E-state index in [1.165, 1.54) is 289 Å². The average molecular weight is 1230 g/mol. The van der Waals surface area contributed by atoms with Crippen molar-refractivity contribution in [2.24, 2.45) is 0 Å². The molecule has 1 aliphatic heterocycles. The smallest absolute Gasteiger partial charge is 0.305 e. The Balaban J connectivity index is 1.89. The first-order valence-corrected chi connectivity index (χ1v) is 37.8. The number of hydrogen-bond donors (Lipinski definition) is 6. The molecule has 7 atom stereocenters. The average Bonchev–Trinajstić information content (AvgIpc) is 3.20. The van der Waals surface area contributed by atoms with Gasteiger partial charge in [0.15, 0.2) is 6.29 Å². The Morgan fingerprint density at radius 2 is 0.736 bits per heavy atom. The second-order valence-corrected chi connectivity index (χ2v) is 26.3. The van der Waals surface area contributed by atoms with Gasteiger partial charge in [0.25, 0.3) is 0 Å². The number of rotatable bonds is 67. The molecule has 512 valence electrons. The molecule has 1 heterocycles. The summed E-state index contributed by atoms with van der Waals surface area (Å²) in [5, 5.41) is 54.4. The van der Waals surface area contributed by atoms with Gasteiger partial charge in [-0.2, -0.15) is 0 Å². The van der Waals surface area contributed by atoms with Gasteiger partial charge in [0.05, 0.1) is 32.0 Å². The Morgan fingerprint density at radius 3 is 1.10 bits per heavy atom. The Morgan fingerprint density at radius 1 is 0.414 bits per heavy atom. The first-order chi connectivity index (χ1) is 42.7. The van der Waals surface area contributed by atoms with E-state index < -0.39 is 49.5 Å². The summed E-state index contributed by atoms with van der Waals surface area (Å²) in [5.74, 6) is -0.174. The molecule has 1 fully saturated rings. The topological polar surface area (TPSA) is 175 Å². The van der Waals surface area contributed by atoms with Crippen LogP contribution in [0.3, 0.4) is 0 Å². The third kappa shape index (κ3) is 54.2. The van der Waals surface area contributed by atoms with E-state index in [0.717, 1.165) is 57.8 Å². The van der Waals surface area contributed by atoms with Gasteiger partial charge in [0, 0.05) is 12.8 Å². The normalized spacial score (nSPS) is 18.0. The fourth-order valence-corrected chi connectivity index (χ4v) is 12.0. The molecule has 0 aromatic carbocycles. The van der Waals surface area contributed by atoms with E-state index in [2.05, 4.69) is 43.5 Å². The second kappa shape index (κ2) is 65.4. The van der Waals surface area contributed by atoms with Gasteiger partial charge in [-0.15, -0.1) is 0 Å². The van der Waals surface area contributed by atoms with Gasteiger partial charge >= 0.3 is 5.97 Å². The lowest BCUT2D eigenvalue weighted by Crippen LogP contribution is -2.60. The van der Waals surface area contributed by atoms with Crippen molar-refractivity contribution >= 4 is 11.9 Å². The van der Waals surface area contributed by atoms with E-state index in [-0.39, 0.29) is 18.5 Å². The van der Waals surface area contributed by atoms with Crippen molar-refractivity contribution in [2.45, 2.75) is 416 Å². The third-order valence-corrected chi connectivity index (χ3v) is 18.0. The molecule has 0 aliphatic carbocycles.